The highest BCUT2D eigenvalue weighted by atomic mass is 35.5. The summed E-state index contributed by atoms with van der Waals surface area (Å²) in [7, 11) is 0. The van der Waals surface area contributed by atoms with E-state index in [4.69, 9.17) is 23.2 Å². The molecule has 0 aromatic heterocycles. The van der Waals surface area contributed by atoms with Crippen LogP contribution in [0.25, 0.3) is 0 Å². The van der Waals surface area contributed by atoms with E-state index in [1.54, 1.807) is 57.2 Å². The van der Waals surface area contributed by atoms with Crippen molar-refractivity contribution in [2.45, 2.75) is 397 Å². The van der Waals surface area contributed by atoms with Gasteiger partial charge >= 0.3 is 0 Å². The molecular formula is C132H183Cl2F7O2. The number of phenols is 2. The Morgan fingerprint density at radius 3 is 0.790 bits per heavy atom. The predicted octanol–water partition coefficient (Wildman–Crippen LogP) is 41.2. The summed E-state index contributed by atoms with van der Waals surface area (Å²) in [5, 5.41) is 20.8. The highest BCUT2D eigenvalue weighted by molar-refractivity contribution is 6.31. The molecule has 143 heavy (non-hydrogen) atoms. The van der Waals surface area contributed by atoms with Gasteiger partial charge in [0.25, 0.3) is 0 Å². The highest BCUT2D eigenvalue weighted by Gasteiger charge is 2.26. The van der Waals surface area contributed by atoms with Crippen molar-refractivity contribution in [3.05, 3.63) is 409 Å². The van der Waals surface area contributed by atoms with Gasteiger partial charge < -0.3 is 10.2 Å². The molecule has 0 aliphatic carbocycles. The van der Waals surface area contributed by atoms with Gasteiger partial charge in [0.15, 0.2) is 11.6 Å². The number of rotatable bonds is 0. The maximum atomic E-state index is 13.4. The fourth-order valence-corrected chi connectivity index (χ4v) is 14.2. The minimum Gasteiger partial charge on any atom is -0.508 e. The number of aryl methyl sites for hydroxylation is 11. The second-order valence-electron chi connectivity index (χ2n) is 50.5. The second-order valence-corrected chi connectivity index (χ2v) is 51.3. The lowest BCUT2D eigenvalue weighted by Crippen LogP contribution is -2.14. The van der Waals surface area contributed by atoms with E-state index >= 15 is 0 Å². The second kappa shape index (κ2) is 54.7. The molecule has 0 saturated heterocycles. The van der Waals surface area contributed by atoms with Crippen LogP contribution in [0, 0.1) is 124 Å². The van der Waals surface area contributed by atoms with E-state index in [1.807, 2.05) is 157 Å². The van der Waals surface area contributed by atoms with E-state index in [9.17, 15) is 40.9 Å². The van der Waals surface area contributed by atoms with Crippen LogP contribution in [0.4, 0.5) is 30.7 Å². The van der Waals surface area contributed by atoms with Crippen LogP contribution < -0.4 is 0 Å². The summed E-state index contributed by atoms with van der Waals surface area (Å²) >= 11 is 12.1. The summed E-state index contributed by atoms with van der Waals surface area (Å²) in [4.78, 5) is 0. The van der Waals surface area contributed by atoms with Gasteiger partial charge in [-0.1, -0.05) is 448 Å². The molecule has 12 rings (SSSR count). The number of hydrogen-bond acceptors (Lipinski definition) is 2. The van der Waals surface area contributed by atoms with Crippen LogP contribution in [-0.2, 0) is 65.0 Å². The fraction of sp³-hybridized carbons (Fsp3) is 0.455. The molecule has 0 unspecified atom stereocenters. The van der Waals surface area contributed by atoms with Crippen molar-refractivity contribution in [3.63, 3.8) is 0 Å². The number of halogens is 9. The molecule has 0 fully saturated rings. The van der Waals surface area contributed by atoms with E-state index < -0.39 is 23.3 Å². The number of benzene rings is 12. The molecule has 0 saturated carbocycles. The van der Waals surface area contributed by atoms with Crippen molar-refractivity contribution in [2.24, 2.45) is 0 Å². The molecule has 11 heteroatoms. The molecule has 0 amide bonds. The average Bonchev–Trinajstić information content (AvgIpc) is 0.813. The van der Waals surface area contributed by atoms with E-state index in [1.165, 1.54) is 74.7 Å². The van der Waals surface area contributed by atoms with E-state index in [0.717, 1.165) is 54.6 Å². The van der Waals surface area contributed by atoms with Crippen LogP contribution in [0.1, 0.15) is 383 Å². The maximum Gasteiger partial charge on any atom is 0.162 e. The molecule has 12 aromatic rings. The van der Waals surface area contributed by atoms with Gasteiger partial charge in [-0.05, 0) is 325 Å². The van der Waals surface area contributed by atoms with Gasteiger partial charge in [-0.2, -0.15) is 0 Å². The smallest absolute Gasteiger partial charge is 0.162 e. The summed E-state index contributed by atoms with van der Waals surface area (Å²) in [6.45, 7) is 98.6. The Balaban J connectivity index is 0.000000780. The van der Waals surface area contributed by atoms with Crippen molar-refractivity contribution in [1.29, 1.82) is 0 Å². The normalized spacial score (nSPS) is 11.7. The summed E-state index contributed by atoms with van der Waals surface area (Å²) in [5.41, 5.74) is 25.0. The largest absolute Gasteiger partial charge is 0.508 e. The first-order chi connectivity index (χ1) is 64.5. The molecule has 0 radical (unpaired) electrons. The highest BCUT2D eigenvalue weighted by Crippen LogP contribution is 2.37. The molecule has 0 aliphatic rings. The van der Waals surface area contributed by atoms with Crippen LogP contribution in [0.2, 0.25) is 10.0 Å². The van der Waals surface area contributed by atoms with Crippen LogP contribution >= 0.6 is 23.2 Å². The van der Waals surface area contributed by atoms with Crippen molar-refractivity contribution in [3.8, 4) is 11.5 Å². The topological polar surface area (TPSA) is 40.5 Å². The van der Waals surface area contributed by atoms with E-state index in [2.05, 4.69) is 324 Å². The van der Waals surface area contributed by atoms with Crippen molar-refractivity contribution >= 4 is 23.2 Å². The molecule has 2 nitrogen and oxygen atoms in total. The van der Waals surface area contributed by atoms with Crippen molar-refractivity contribution in [1.82, 2.24) is 0 Å². The summed E-state index contributed by atoms with van der Waals surface area (Å²) in [5.74, 6) is -1.90. The average molecular weight is 2010 g/mol. The van der Waals surface area contributed by atoms with Gasteiger partial charge in [-0.25, -0.2) is 30.7 Å². The monoisotopic (exact) mass is 2000 g/mol. The Kier molecular flexibility index (Phi) is 50.2. The lowest BCUT2D eigenvalue weighted by molar-refractivity contribution is 0.446. The van der Waals surface area contributed by atoms with Crippen LogP contribution in [-0.4, -0.2) is 10.2 Å². The minimum absolute atomic E-state index is 0.0256. The number of aromatic hydroxyl groups is 2. The molecule has 12 aromatic carbocycles. The molecule has 786 valence electrons. The third kappa shape index (κ3) is 47.6. The Labute approximate surface area is 875 Å². The predicted molar refractivity (Wildman–Crippen MR) is 612 cm³/mol. The molecular weight excluding hydrogens is 1820 g/mol. The Morgan fingerprint density at radius 2 is 0.462 bits per heavy atom. The van der Waals surface area contributed by atoms with Gasteiger partial charge in [0.1, 0.15) is 40.6 Å². The standard InChI is InChI=1S/C12H18.2C11H15Cl.2C11H14F2.3C11H15F.2C11H16O.C11H16.C10H14/c1-9-6-7-11(8-10(9)2)12(3,4)5;1-8-5-6-9(7-10(8)12)11(2,3)4;1-8-5-6-9(10(12)7-8)11(2,3)4;1-7-9(12)5-8(6-10(7)13)11(2,3)4;1-7-5-6-8(11(2,3)4)10(13)9(7)12;2*1-8-5-6-9(7-10(8)12)11(2,3)4;1-8-5-6-9(10(12)7-8)11(2,3)4;1-8-5-6-9(7-10(8)12)11(2,3)4;1-8-5-6-9(10(12)7-8)11(2,3)4;1-9-5-7-10(8-6-9)11(2,3)4;1-10(2,3)9-7-5-4-6-8-9/h6-8H,1-5H3;2*5-7H,1-4H3;2*5-6H,1-4H3;3*5-7H,1-4H3;2*5-7,12H,1-4H3;5-8H,1-4H3;4-8H,1-3H3. The van der Waals surface area contributed by atoms with Crippen LogP contribution in [0.3, 0.4) is 0 Å². The van der Waals surface area contributed by atoms with Gasteiger partial charge in [0.05, 0.1) is 0 Å². The zero-order valence-electron chi connectivity index (χ0n) is 97.2. The summed E-state index contributed by atoms with van der Waals surface area (Å²) < 4.78 is 92.4. The zero-order valence-corrected chi connectivity index (χ0v) is 98.7. The maximum absolute atomic E-state index is 13.4. The molecule has 0 bridgehead atoms. The fourth-order valence-electron chi connectivity index (χ4n) is 13.5. The van der Waals surface area contributed by atoms with Crippen LogP contribution in [0.5, 0.6) is 11.5 Å². The number of hydrogen-bond donors (Lipinski definition) is 2. The lowest BCUT2D eigenvalue weighted by atomic mass is 9.85. The van der Waals surface area contributed by atoms with Gasteiger partial charge in [-0.15, -0.1) is 0 Å². The molecule has 2 N–H and O–H groups in total. The molecule has 0 heterocycles. The molecule has 0 atom stereocenters. The van der Waals surface area contributed by atoms with Crippen molar-refractivity contribution in [2.75, 3.05) is 0 Å². The molecule has 0 aliphatic heterocycles. The van der Waals surface area contributed by atoms with Crippen LogP contribution in [0.15, 0.2) is 224 Å². The Bertz CT molecular complexity index is 5420. The first-order valence-electron chi connectivity index (χ1n) is 50.1. The summed E-state index contributed by atoms with van der Waals surface area (Å²) in [6.07, 6.45) is 0. The lowest BCUT2D eigenvalue weighted by Gasteiger charge is -2.20. The van der Waals surface area contributed by atoms with Gasteiger partial charge in [0, 0.05) is 15.6 Å². The first-order valence-corrected chi connectivity index (χ1v) is 50.9. The first kappa shape index (κ1) is 131. The third-order valence-electron chi connectivity index (χ3n) is 24.2. The van der Waals surface area contributed by atoms with Gasteiger partial charge in [0.2, 0.25) is 0 Å². The summed E-state index contributed by atoms with van der Waals surface area (Å²) in [6, 6.07) is 72.5. The van der Waals surface area contributed by atoms with E-state index in [-0.39, 0.29) is 82.6 Å². The Morgan fingerprint density at radius 1 is 0.175 bits per heavy atom. The SMILES string of the molecule is CC(C)(C)c1ccccc1.Cc1c(F)cc(C(C)(C)C)cc1F.Cc1ccc(C(C)(C)C)c(Cl)c1.Cc1ccc(C(C)(C)C)c(F)c1.Cc1ccc(C(C)(C)C)c(F)c1F.Cc1ccc(C(C)(C)C)c(O)c1.Cc1ccc(C(C)(C)C)cc1.Cc1ccc(C(C)(C)C)cc1C.Cc1ccc(C(C)(C)C)cc1Cl.Cc1ccc(C(C)(C)C)cc1F.Cc1ccc(C(C)(C)C)cc1F.Cc1ccc(C(C)(C)C)cc1O. The third-order valence-corrected chi connectivity index (χ3v) is 24.9. The minimum atomic E-state index is -0.729. The van der Waals surface area contributed by atoms with E-state index in [0.29, 0.717) is 44.7 Å². The Hall–Kier alpha value is -9.67. The molecule has 0 spiro atoms. The quantitative estimate of drug-likeness (QED) is 0.149. The van der Waals surface area contributed by atoms with Crippen molar-refractivity contribution < 1.29 is 40.9 Å². The zero-order chi connectivity index (χ0) is 111. The van der Waals surface area contributed by atoms with Gasteiger partial charge in [-0.3, -0.25) is 0 Å². The number of phenolic OH excluding ortho intramolecular Hbond substituents is 2.